The summed E-state index contributed by atoms with van der Waals surface area (Å²) >= 11 is 0. The van der Waals surface area contributed by atoms with E-state index in [4.69, 9.17) is 9.97 Å². The van der Waals surface area contributed by atoms with Crippen LogP contribution in [0.1, 0.15) is 29.6 Å². The first kappa shape index (κ1) is 27.8. The van der Waals surface area contributed by atoms with Crippen LogP contribution in [0.2, 0.25) is 0 Å². The first-order chi connectivity index (χ1) is 18.7. The van der Waals surface area contributed by atoms with Crippen molar-refractivity contribution in [2.45, 2.75) is 38.6 Å². The third kappa shape index (κ3) is 5.93. The average molecular weight is 544 g/mol. The Kier molecular flexibility index (Phi) is 8.30. The van der Waals surface area contributed by atoms with Gasteiger partial charge in [0.15, 0.2) is 5.65 Å². The summed E-state index contributed by atoms with van der Waals surface area (Å²) in [4.78, 5) is 23.6. The van der Waals surface area contributed by atoms with Crippen molar-refractivity contribution in [1.29, 1.82) is 0 Å². The van der Waals surface area contributed by atoms with Gasteiger partial charge in [0.05, 0.1) is 11.4 Å². The lowest BCUT2D eigenvalue weighted by Crippen LogP contribution is -2.43. The largest absolute Gasteiger partial charge is 0.331 e. The fourth-order valence-corrected chi connectivity index (χ4v) is 5.78. The van der Waals surface area contributed by atoms with Gasteiger partial charge in [-0.25, -0.2) is 27.9 Å². The van der Waals surface area contributed by atoms with Crippen molar-refractivity contribution in [3.63, 3.8) is 0 Å². The van der Waals surface area contributed by atoms with Gasteiger partial charge in [-0.2, -0.15) is 0 Å². The Morgan fingerprint density at radius 1 is 1.03 bits per heavy atom. The SMILES string of the molecule is C=CCN(CC=C)C(=O)NS(=O)(=O)c1ccccc1-c1ccc(Cn2c(CC)nc3c(C)cc(C)nc32)cc1. The van der Waals surface area contributed by atoms with Crippen LogP contribution < -0.4 is 4.72 Å². The number of benzene rings is 2. The molecule has 0 aliphatic rings. The molecule has 2 heterocycles. The van der Waals surface area contributed by atoms with Crippen LogP contribution in [-0.2, 0) is 23.0 Å². The molecule has 0 atom stereocenters. The highest BCUT2D eigenvalue weighted by atomic mass is 32.2. The van der Waals surface area contributed by atoms with Gasteiger partial charge in [0.2, 0.25) is 0 Å². The van der Waals surface area contributed by atoms with Crippen molar-refractivity contribution in [3.8, 4) is 11.1 Å². The molecule has 0 aliphatic heterocycles. The zero-order valence-corrected chi connectivity index (χ0v) is 23.3. The fourth-order valence-electron chi connectivity index (χ4n) is 4.58. The second kappa shape index (κ2) is 11.7. The second-order valence-corrected chi connectivity index (χ2v) is 11.0. The fraction of sp³-hybridized carbons (Fsp3) is 0.233. The lowest BCUT2D eigenvalue weighted by atomic mass is 10.0. The van der Waals surface area contributed by atoms with Gasteiger partial charge >= 0.3 is 6.03 Å². The maximum Gasteiger partial charge on any atom is 0.331 e. The van der Waals surface area contributed by atoms with Crippen molar-refractivity contribution in [2.75, 3.05) is 13.1 Å². The Morgan fingerprint density at radius 3 is 2.33 bits per heavy atom. The van der Waals surface area contributed by atoms with Gasteiger partial charge in [0.25, 0.3) is 10.0 Å². The molecule has 2 amide bonds. The molecule has 0 unspecified atom stereocenters. The predicted molar refractivity (Wildman–Crippen MR) is 155 cm³/mol. The third-order valence-electron chi connectivity index (χ3n) is 6.41. The van der Waals surface area contributed by atoms with Crippen LogP contribution in [0.15, 0.2) is 84.8 Å². The second-order valence-electron chi connectivity index (χ2n) is 9.31. The highest BCUT2D eigenvalue weighted by Gasteiger charge is 2.24. The normalized spacial score (nSPS) is 11.4. The average Bonchev–Trinajstić information content (AvgIpc) is 3.26. The monoisotopic (exact) mass is 543 g/mol. The van der Waals surface area contributed by atoms with E-state index in [9.17, 15) is 13.2 Å². The molecule has 4 aromatic rings. The van der Waals surface area contributed by atoms with E-state index in [2.05, 4.69) is 29.4 Å². The Labute approximate surface area is 229 Å². The number of nitrogens with zero attached hydrogens (tertiary/aromatic N) is 4. The van der Waals surface area contributed by atoms with E-state index in [0.29, 0.717) is 12.1 Å². The molecule has 0 radical (unpaired) electrons. The number of carbonyl (C=O) groups is 1. The van der Waals surface area contributed by atoms with Crippen LogP contribution in [0.4, 0.5) is 4.79 Å². The molecule has 0 spiro atoms. The number of nitrogens with one attached hydrogen (secondary N) is 1. The highest BCUT2D eigenvalue weighted by Crippen LogP contribution is 2.28. The van der Waals surface area contributed by atoms with E-state index < -0.39 is 16.1 Å². The maximum absolute atomic E-state index is 13.3. The number of aromatic nitrogens is 3. The molecule has 0 aliphatic carbocycles. The quantitative estimate of drug-likeness (QED) is 0.270. The van der Waals surface area contributed by atoms with E-state index in [0.717, 1.165) is 45.8 Å². The molecule has 0 saturated carbocycles. The summed E-state index contributed by atoms with van der Waals surface area (Å²) in [7, 11) is -4.14. The number of urea groups is 1. The number of rotatable bonds is 10. The van der Waals surface area contributed by atoms with Crippen molar-refractivity contribution in [2.24, 2.45) is 0 Å². The lowest BCUT2D eigenvalue weighted by Gasteiger charge is -2.20. The predicted octanol–water partition coefficient (Wildman–Crippen LogP) is 5.40. The van der Waals surface area contributed by atoms with Gasteiger partial charge in [-0.15, -0.1) is 13.2 Å². The van der Waals surface area contributed by atoms with Gasteiger partial charge in [0.1, 0.15) is 11.3 Å². The Hall–Kier alpha value is -4.24. The molecule has 9 heteroatoms. The highest BCUT2D eigenvalue weighted by molar-refractivity contribution is 7.90. The Bertz CT molecular complexity index is 1630. The molecule has 4 rings (SSSR count). The van der Waals surface area contributed by atoms with Crippen molar-refractivity contribution in [1.82, 2.24) is 24.2 Å². The summed E-state index contributed by atoms with van der Waals surface area (Å²) in [5.41, 5.74) is 6.07. The van der Waals surface area contributed by atoms with E-state index in [1.54, 1.807) is 18.2 Å². The molecule has 2 aromatic heterocycles. The minimum absolute atomic E-state index is 0.0206. The lowest BCUT2D eigenvalue weighted by molar-refractivity contribution is 0.214. The van der Waals surface area contributed by atoms with E-state index in [-0.39, 0.29) is 18.0 Å². The molecule has 0 bridgehead atoms. The van der Waals surface area contributed by atoms with Crippen molar-refractivity contribution >= 4 is 27.2 Å². The van der Waals surface area contributed by atoms with Crippen molar-refractivity contribution in [3.05, 3.63) is 103 Å². The van der Waals surface area contributed by atoms with Crippen LogP contribution in [0, 0.1) is 13.8 Å². The van der Waals surface area contributed by atoms with E-state index in [1.807, 2.05) is 44.2 Å². The molecule has 0 saturated heterocycles. The van der Waals surface area contributed by atoms with Crippen LogP contribution >= 0.6 is 0 Å². The minimum atomic E-state index is -4.14. The van der Waals surface area contributed by atoms with Gasteiger partial charge in [-0.1, -0.05) is 61.5 Å². The number of imidazole rings is 1. The molecule has 39 heavy (non-hydrogen) atoms. The number of carbonyl (C=O) groups excluding carboxylic acids is 1. The molecular formula is C30H33N5O3S. The van der Waals surface area contributed by atoms with Gasteiger partial charge in [-0.3, -0.25) is 0 Å². The van der Waals surface area contributed by atoms with Gasteiger partial charge in [-0.05, 0) is 42.7 Å². The molecular weight excluding hydrogens is 510 g/mol. The number of hydrogen-bond acceptors (Lipinski definition) is 5. The van der Waals surface area contributed by atoms with Gasteiger partial charge < -0.3 is 9.47 Å². The van der Waals surface area contributed by atoms with E-state index in [1.165, 1.54) is 23.1 Å². The molecule has 2 aromatic carbocycles. The maximum atomic E-state index is 13.3. The smallest absolute Gasteiger partial charge is 0.317 e. The van der Waals surface area contributed by atoms with E-state index >= 15 is 0 Å². The first-order valence-corrected chi connectivity index (χ1v) is 14.2. The number of sulfonamides is 1. The zero-order chi connectivity index (χ0) is 28.2. The number of hydrogen-bond donors (Lipinski definition) is 1. The molecule has 0 fully saturated rings. The van der Waals surface area contributed by atoms with Crippen LogP contribution in [0.5, 0.6) is 0 Å². The number of pyridine rings is 1. The third-order valence-corrected chi connectivity index (χ3v) is 7.79. The summed E-state index contributed by atoms with van der Waals surface area (Å²) in [6.07, 6.45) is 3.83. The van der Waals surface area contributed by atoms with Crippen LogP contribution in [-0.4, -0.2) is 47.0 Å². The van der Waals surface area contributed by atoms with Crippen molar-refractivity contribution < 1.29 is 13.2 Å². The molecule has 202 valence electrons. The first-order valence-electron chi connectivity index (χ1n) is 12.7. The number of aryl methyl sites for hydroxylation is 3. The number of fused-ring (bicyclic) bond motifs is 1. The Balaban J connectivity index is 1.63. The molecule has 1 N–H and O–H groups in total. The standard InChI is InChI=1S/C30H33N5O3S/c1-6-17-34(18-7-2)30(36)33-39(37,38)26-12-10-9-11-25(26)24-15-13-23(14-16-24)20-35-27(8-3)32-28-21(4)19-22(5)31-29(28)35/h6-7,9-16,19H,1-2,8,17-18,20H2,3-5H3,(H,33,36). The van der Waals surface area contributed by atoms with Gasteiger partial charge in [0, 0.05) is 30.8 Å². The molecule has 8 nitrogen and oxygen atoms in total. The minimum Gasteiger partial charge on any atom is -0.317 e. The summed E-state index contributed by atoms with van der Waals surface area (Å²) in [6, 6.07) is 15.7. The summed E-state index contributed by atoms with van der Waals surface area (Å²) < 4.78 is 30.8. The topological polar surface area (TPSA) is 97.2 Å². The Morgan fingerprint density at radius 2 is 1.69 bits per heavy atom. The summed E-state index contributed by atoms with van der Waals surface area (Å²) in [5, 5.41) is 0. The summed E-state index contributed by atoms with van der Waals surface area (Å²) in [6.45, 7) is 14.3. The van der Waals surface area contributed by atoms with Crippen LogP contribution in [0.3, 0.4) is 0 Å². The van der Waals surface area contributed by atoms with Crippen LogP contribution in [0.25, 0.3) is 22.3 Å². The zero-order valence-electron chi connectivity index (χ0n) is 22.5. The summed E-state index contributed by atoms with van der Waals surface area (Å²) in [5.74, 6) is 0.962. The number of amides is 2.